The fourth-order valence-electron chi connectivity index (χ4n) is 1.93. The molecule has 0 radical (unpaired) electrons. The number of carbonyl (C=O) groups is 1. The van der Waals surface area contributed by atoms with Gasteiger partial charge >= 0.3 is 0 Å². The Balaban J connectivity index is 1.56. The smallest absolute Gasteiger partial charge is 0.251 e. The predicted molar refractivity (Wildman–Crippen MR) is 77.9 cm³/mol. The second-order valence-corrected chi connectivity index (χ2v) is 6.08. The van der Waals surface area contributed by atoms with Crippen molar-refractivity contribution >= 4 is 28.8 Å². The highest BCUT2D eigenvalue weighted by Gasteiger charge is 2.15. The normalized spacial score (nSPS) is 12.4. The molecule has 0 saturated carbocycles. The largest absolute Gasteiger partial charge is 0.454 e. The zero-order chi connectivity index (χ0) is 13.9. The number of rotatable bonds is 4. The van der Waals surface area contributed by atoms with Gasteiger partial charge in [0.2, 0.25) is 6.79 Å². The average Bonchev–Trinajstić information content (AvgIpc) is 3.06. The molecule has 3 rings (SSSR count). The van der Waals surface area contributed by atoms with Gasteiger partial charge in [0.1, 0.15) is 0 Å². The fourth-order valence-corrected chi connectivity index (χ4v) is 3.01. The van der Waals surface area contributed by atoms with Gasteiger partial charge in [-0.25, -0.2) is 0 Å². The van der Waals surface area contributed by atoms with Crippen LogP contribution in [0.25, 0.3) is 0 Å². The minimum atomic E-state index is -0.119. The van der Waals surface area contributed by atoms with Gasteiger partial charge in [-0.15, -0.1) is 11.3 Å². The molecule has 1 N–H and O–H groups in total. The first-order valence-electron chi connectivity index (χ1n) is 6.14. The van der Waals surface area contributed by atoms with Gasteiger partial charge in [-0.3, -0.25) is 4.79 Å². The molecule has 0 fully saturated rings. The molecule has 0 aliphatic carbocycles. The topological polar surface area (TPSA) is 47.6 Å². The van der Waals surface area contributed by atoms with Crippen LogP contribution in [-0.2, 0) is 6.42 Å². The van der Waals surface area contributed by atoms with Crippen molar-refractivity contribution < 1.29 is 14.3 Å². The molecule has 6 heteroatoms. The summed E-state index contributed by atoms with van der Waals surface area (Å²) in [5.74, 6) is 1.17. The lowest BCUT2D eigenvalue weighted by atomic mass is 10.2. The van der Waals surface area contributed by atoms with Crippen molar-refractivity contribution in [3.63, 3.8) is 0 Å². The quantitative estimate of drug-likeness (QED) is 0.944. The number of amides is 1. The summed E-state index contributed by atoms with van der Waals surface area (Å²) in [7, 11) is 0. The molecule has 0 spiro atoms. The number of benzene rings is 1. The highest BCUT2D eigenvalue weighted by Crippen LogP contribution is 2.32. The van der Waals surface area contributed by atoms with E-state index < -0.39 is 0 Å². The molecule has 1 aromatic heterocycles. The van der Waals surface area contributed by atoms with E-state index >= 15 is 0 Å². The maximum atomic E-state index is 12.0. The van der Waals surface area contributed by atoms with Crippen molar-refractivity contribution in [1.29, 1.82) is 0 Å². The third kappa shape index (κ3) is 2.89. The molecule has 104 valence electrons. The minimum absolute atomic E-state index is 0.119. The number of hydrogen-bond acceptors (Lipinski definition) is 4. The molecule has 2 aromatic rings. The Labute approximate surface area is 125 Å². The molecular weight excluding hydrogens is 298 g/mol. The van der Waals surface area contributed by atoms with Crippen LogP contribution < -0.4 is 14.8 Å². The van der Waals surface area contributed by atoms with Gasteiger partial charge in [0.25, 0.3) is 5.91 Å². The van der Waals surface area contributed by atoms with Crippen LogP contribution in [0.5, 0.6) is 11.5 Å². The molecule has 1 aliphatic heterocycles. The van der Waals surface area contributed by atoms with Gasteiger partial charge in [0.05, 0.1) is 4.34 Å². The predicted octanol–water partition coefficient (Wildman–Crippen LogP) is 3.10. The van der Waals surface area contributed by atoms with E-state index in [1.807, 2.05) is 12.1 Å². The van der Waals surface area contributed by atoms with Crippen LogP contribution in [0.3, 0.4) is 0 Å². The number of fused-ring (bicyclic) bond motifs is 1. The molecule has 2 heterocycles. The van der Waals surface area contributed by atoms with E-state index in [1.54, 1.807) is 18.2 Å². The van der Waals surface area contributed by atoms with Crippen molar-refractivity contribution in [3.8, 4) is 11.5 Å². The Morgan fingerprint density at radius 1 is 1.25 bits per heavy atom. The molecule has 4 nitrogen and oxygen atoms in total. The van der Waals surface area contributed by atoms with Crippen LogP contribution in [0.2, 0.25) is 4.34 Å². The minimum Gasteiger partial charge on any atom is -0.454 e. The Hall–Kier alpha value is -1.72. The number of ether oxygens (including phenoxy) is 2. The van der Waals surface area contributed by atoms with E-state index in [4.69, 9.17) is 21.1 Å². The van der Waals surface area contributed by atoms with Crippen LogP contribution in [-0.4, -0.2) is 19.2 Å². The van der Waals surface area contributed by atoms with Crippen LogP contribution >= 0.6 is 22.9 Å². The van der Waals surface area contributed by atoms with Crippen LogP contribution in [0.4, 0.5) is 0 Å². The average molecular weight is 310 g/mol. The summed E-state index contributed by atoms with van der Waals surface area (Å²) in [5.41, 5.74) is 0.568. The summed E-state index contributed by atoms with van der Waals surface area (Å²) in [5, 5.41) is 2.88. The van der Waals surface area contributed by atoms with Crippen molar-refractivity contribution in [2.45, 2.75) is 6.42 Å². The molecule has 0 saturated heterocycles. The molecule has 0 unspecified atom stereocenters. The van der Waals surface area contributed by atoms with Crippen molar-refractivity contribution in [2.24, 2.45) is 0 Å². The third-order valence-corrected chi connectivity index (χ3v) is 4.21. The van der Waals surface area contributed by atoms with Gasteiger partial charge in [-0.1, -0.05) is 11.6 Å². The van der Waals surface area contributed by atoms with Crippen LogP contribution in [0, 0.1) is 0 Å². The maximum Gasteiger partial charge on any atom is 0.251 e. The van der Waals surface area contributed by atoms with Crippen LogP contribution in [0.15, 0.2) is 30.3 Å². The lowest BCUT2D eigenvalue weighted by molar-refractivity contribution is 0.0953. The highest BCUT2D eigenvalue weighted by molar-refractivity contribution is 7.16. The number of halogens is 1. The SMILES string of the molecule is O=C(NCCc1ccc(Cl)s1)c1ccc2c(c1)OCO2. The molecular formula is C14H12ClNO3S. The molecule has 0 bridgehead atoms. The van der Waals surface area contributed by atoms with E-state index in [0.29, 0.717) is 23.6 Å². The molecule has 1 aromatic carbocycles. The van der Waals surface area contributed by atoms with Gasteiger partial charge in [0.15, 0.2) is 11.5 Å². The number of carbonyl (C=O) groups excluding carboxylic acids is 1. The van der Waals surface area contributed by atoms with Gasteiger partial charge in [-0.05, 0) is 36.8 Å². The maximum absolute atomic E-state index is 12.0. The lowest BCUT2D eigenvalue weighted by Gasteiger charge is -2.05. The molecule has 20 heavy (non-hydrogen) atoms. The summed E-state index contributed by atoms with van der Waals surface area (Å²) >= 11 is 7.39. The summed E-state index contributed by atoms with van der Waals surface area (Å²) in [4.78, 5) is 13.2. The van der Waals surface area contributed by atoms with Gasteiger partial charge in [0, 0.05) is 17.0 Å². The summed E-state index contributed by atoms with van der Waals surface area (Å²) < 4.78 is 11.2. The summed E-state index contributed by atoms with van der Waals surface area (Å²) in [6.07, 6.45) is 0.772. The Kier molecular flexibility index (Phi) is 3.80. The third-order valence-electron chi connectivity index (χ3n) is 2.92. The van der Waals surface area contributed by atoms with E-state index in [9.17, 15) is 4.79 Å². The Morgan fingerprint density at radius 2 is 2.10 bits per heavy atom. The number of hydrogen-bond donors (Lipinski definition) is 1. The van der Waals surface area contributed by atoms with E-state index in [2.05, 4.69) is 5.32 Å². The highest BCUT2D eigenvalue weighted by atomic mass is 35.5. The van der Waals surface area contributed by atoms with Crippen LogP contribution in [0.1, 0.15) is 15.2 Å². The van der Waals surface area contributed by atoms with Crippen molar-refractivity contribution in [2.75, 3.05) is 13.3 Å². The first kappa shape index (κ1) is 13.3. The van der Waals surface area contributed by atoms with Crippen molar-refractivity contribution in [1.82, 2.24) is 5.32 Å². The zero-order valence-corrected chi connectivity index (χ0v) is 12.1. The first-order valence-corrected chi connectivity index (χ1v) is 7.34. The van der Waals surface area contributed by atoms with Crippen molar-refractivity contribution in [3.05, 3.63) is 45.1 Å². The second-order valence-electron chi connectivity index (χ2n) is 4.28. The summed E-state index contributed by atoms with van der Waals surface area (Å²) in [6, 6.07) is 9.00. The number of nitrogens with one attached hydrogen (secondary N) is 1. The van der Waals surface area contributed by atoms with E-state index in [0.717, 1.165) is 15.6 Å². The molecule has 1 aliphatic rings. The molecule has 0 atom stereocenters. The number of thiophene rings is 1. The second kappa shape index (κ2) is 5.73. The van der Waals surface area contributed by atoms with E-state index in [1.165, 1.54) is 11.3 Å². The zero-order valence-electron chi connectivity index (χ0n) is 10.5. The first-order chi connectivity index (χ1) is 9.72. The van der Waals surface area contributed by atoms with E-state index in [-0.39, 0.29) is 12.7 Å². The monoisotopic (exact) mass is 309 g/mol. The van der Waals surface area contributed by atoms with Gasteiger partial charge < -0.3 is 14.8 Å². The Morgan fingerprint density at radius 3 is 2.90 bits per heavy atom. The standard InChI is InChI=1S/C14H12ClNO3S/c15-13-4-2-10(20-13)5-6-16-14(17)9-1-3-11-12(7-9)19-8-18-11/h1-4,7H,5-6,8H2,(H,16,17). The van der Waals surface area contributed by atoms with Gasteiger partial charge in [-0.2, -0.15) is 0 Å². The lowest BCUT2D eigenvalue weighted by Crippen LogP contribution is -2.25. The fraction of sp³-hybridized carbons (Fsp3) is 0.214. The molecule has 1 amide bonds. The Bertz CT molecular complexity index is 641. The summed E-state index contributed by atoms with van der Waals surface area (Å²) in [6.45, 7) is 0.781.